The molecule has 15 heavy (non-hydrogen) atoms. The van der Waals surface area contributed by atoms with Crippen LogP contribution in [0.1, 0.15) is 10.4 Å². The van der Waals surface area contributed by atoms with E-state index in [0.29, 0.717) is 5.56 Å². The van der Waals surface area contributed by atoms with Crippen LogP contribution in [-0.4, -0.2) is 6.29 Å². The van der Waals surface area contributed by atoms with Gasteiger partial charge in [0.05, 0.1) is 0 Å². The molecule has 0 aromatic heterocycles. The van der Waals surface area contributed by atoms with Crippen molar-refractivity contribution in [1.82, 2.24) is 0 Å². The summed E-state index contributed by atoms with van der Waals surface area (Å²) >= 11 is 10.4. The van der Waals surface area contributed by atoms with Crippen LogP contribution in [0.4, 0.5) is 0 Å². The van der Waals surface area contributed by atoms with Crippen LogP contribution in [0, 0.1) is 0 Å². The van der Waals surface area contributed by atoms with Crippen molar-refractivity contribution in [3.05, 3.63) is 43.2 Å². The second-order valence-corrected chi connectivity index (χ2v) is 5.58. The topological polar surface area (TPSA) is 17.1 Å². The van der Waals surface area contributed by atoms with Crippen LogP contribution in [0.25, 0.3) is 10.8 Å². The van der Waals surface area contributed by atoms with Crippen LogP contribution >= 0.6 is 47.8 Å². The van der Waals surface area contributed by atoms with E-state index in [-0.39, 0.29) is 0 Å². The third kappa shape index (κ3) is 2.03. The Bertz CT molecular complexity index is 549. The molecular formula is C11H5Br3O. The van der Waals surface area contributed by atoms with Gasteiger partial charge >= 0.3 is 0 Å². The highest BCUT2D eigenvalue weighted by Crippen LogP contribution is 2.36. The second-order valence-electron chi connectivity index (χ2n) is 3.08. The minimum absolute atomic E-state index is 0.674. The molecule has 0 aliphatic rings. The summed E-state index contributed by atoms with van der Waals surface area (Å²) in [6.45, 7) is 0. The van der Waals surface area contributed by atoms with Crippen LogP contribution in [-0.2, 0) is 0 Å². The zero-order chi connectivity index (χ0) is 11.0. The molecule has 2 aromatic rings. The van der Waals surface area contributed by atoms with E-state index < -0.39 is 0 Å². The number of carbonyl (C=O) groups excluding carboxylic acids is 1. The molecule has 0 N–H and O–H groups in total. The summed E-state index contributed by atoms with van der Waals surface area (Å²) in [5, 5.41) is 2.09. The molecule has 0 aliphatic carbocycles. The zero-order valence-electron chi connectivity index (χ0n) is 7.43. The van der Waals surface area contributed by atoms with Crippen LogP contribution < -0.4 is 0 Å². The summed E-state index contributed by atoms with van der Waals surface area (Å²) in [5.41, 5.74) is 0.674. The fourth-order valence-electron chi connectivity index (χ4n) is 1.41. The number of rotatable bonds is 1. The molecule has 2 rings (SSSR count). The fraction of sp³-hybridized carbons (Fsp3) is 0. The Kier molecular flexibility index (Phi) is 3.28. The first-order valence-corrected chi connectivity index (χ1v) is 6.54. The van der Waals surface area contributed by atoms with Gasteiger partial charge in [-0.3, -0.25) is 4.79 Å². The maximum Gasteiger partial charge on any atom is 0.150 e. The van der Waals surface area contributed by atoms with Crippen molar-refractivity contribution in [2.24, 2.45) is 0 Å². The number of halogens is 3. The summed E-state index contributed by atoms with van der Waals surface area (Å²) < 4.78 is 2.93. The average molecular weight is 393 g/mol. The van der Waals surface area contributed by atoms with Gasteiger partial charge in [-0.15, -0.1) is 0 Å². The maximum atomic E-state index is 10.7. The Balaban J connectivity index is 2.91. The maximum absolute atomic E-state index is 10.7. The summed E-state index contributed by atoms with van der Waals surface area (Å²) in [4.78, 5) is 10.7. The molecule has 0 heterocycles. The van der Waals surface area contributed by atoms with E-state index in [1.807, 2.05) is 18.2 Å². The largest absolute Gasteiger partial charge is 0.298 e. The van der Waals surface area contributed by atoms with Crippen LogP contribution in [0.2, 0.25) is 0 Å². The molecule has 0 spiro atoms. The lowest BCUT2D eigenvalue weighted by Gasteiger charge is -2.06. The van der Waals surface area contributed by atoms with E-state index in [2.05, 4.69) is 47.8 Å². The van der Waals surface area contributed by atoms with Crippen LogP contribution in [0.5, 0.6) is 0 Å². The minimum Gasteiger partial charge on any atom is -0.298 e. The predicted octanol–water partition coefficient (Wildman–Crippen LogP) is 4.94. The quantitative estimate of drug-likeness (QED) is 0.496. The highest BCUT2D eigenvalue weighted by molar-refractivity contribution is 9.13. The third-order valence-corrected chi connectivity index (χ3v) is 4.80. The number of aldehydes is 1. The molecule has 0 saturated carbocycles. The molecule has 2 aromatic carbocycles. The molecule has 0 aliphatic heterocycles. The van der Waals surface area contributed by atoms with Gasteiger partial charge < -0.3 is 0 Å². The molecule has 1 nitrogen and oxygen atoms in total. The van der Waals surface area contributed by atoms with Crippen molar-refractivity contribution in [2.75, 3.05) is 0 Å². The van der Waals surface area contributed by atoms with Gasteiger partial charge in [-0.2, -0.15) is 0 Å². The van der Waals surface area contributed by atoms with Crippen molar-refractivity contribution in [3.63, 3.8) is 0 Å². The first-order valence-electron chi connectivity index (χ1n) is 4.16. The van der Waals surface area contributed by atoms with Gasteiger partial charge in [0.25, 0.3) is 0 Å². The second kappa shape index (κ2) is 4.36. The Hall–Kier alpha value is -0.190. The smallest absolute Gasteiger partial charge is 0.150 e. The summed E-state index contributed by atoms with van der Waals surface area (Å²) in [6.07, 6.45) is 0.848. The number of benzene rings is 2. The molecule has 0 atom stereocenters. The van der Waals surface area contributed by atoms with Gasteiger partial charge in [0.15, 0.2) is 0 Å². The van der Waals surface area contributed by atoms with Gasteiger partial charge in [-0.05, 0) is 54.8 Å². The summed E-state index contributed by atoms with van der Waals surface area (Å²) in [7, 11) is 0. The number of hydrogen-bond acceptors (Lipinski definition) is 1. The molecule has 0 radical (unpaired) electrons. The lowest BCUT2D eigenvalue weighted by Crippen LogP contribution is -1.83. The Morgan fingerprint density at radius 3 is 2.33 bits per heavy atom. The lowest BCUT2D eigenvalue weighted by molar-refractivity contribution is 0.112. The average Bonchev–Trinajstić information content (AvgIpc) is 2.25. The lowest BCUT2D eigenvalue weighted by atomic mass is 10.1. The predicted molar refractivity (Wildman–Crippen MR) is 72.4 cm³/mol. The van der Waals surface area contributed by atoms with E-state index in [1.54, 1.807) is 6.07 Å². The van der Waals surface area contributed by atoms with Crippen molar-refractivity contribution in [1.29, 1.82) is 0 Å². The summed E-state index contributed by atoms with van der Waals surface area (Å²) in [6, 6.07) is 7.58. The van der Waals surface area contributed by atoms with Gasteiger partial charge in [-0.1, -0.05) is 28.1 Å². The standard InChI is InChI=1S/C11H5Br3O/c12-9-4-10(13)11(14)8-3-6(5-15)1-2-7(8)9/h1-5H. The summed E-state index contributed by atoms with van der Waals surface area (Å²) in [5.74, 6) is 0. The van der Waals surface area contributed by atoms with Gasteiger partial charge in [-0.25, -0.2) is 0 Å². The molecule has 4 heteroatoms. The normalized spacial score (nSPS) is 10.6. The Morgan fingerprint density at radius 1 is 0.933 bits per heavy atom. The van der Waals surface area contributed by atoms with Crippen molar-refractivity contribution >= 4 is 64.8 Å². The van der Waals surface area contributed by atoms with E-state index in [0.717, 1.165) is 30.5 Å². The highest BCUT2D eigenvalue weighted by atomic mass is 79.9. The molecule has 0 saturated heterocycles. The molecule has 0 unspecified atom stereocenters. The molecule has 76 valence electrons. The van der Waals surface area contributed by atoms with E-state index in [4.69, 9.17) is 0 Å². The van der Waals surface area contributed by atoms with Crippen molar-refractivity contribution in [2.45, 2.75) is 0 Å². The van der Waals surface area contributed by atoms with Gasteiger partial charge in [0, 0.05) is 19.0 Å². The first-order chi connectivity index (χ1) is 7.13. The Labute approximate surface area is 112 Å². The SMILES string of the molecule is O=Cc1ccc2c(Br)cc(Br)c(Br)c2c1. The minimum atomic E-state index is 0.674. The van der Waals surface area contributed by atoms with Crippen LogP contribution in [0.3, 0.4) is 0 Å². The third-order valence-electron chi connectivity index (χ3n) is 2.14. The van der Waals surface area contributed by atoms with Crippen molar-refractivity contribution in [3.8, 4) is 0 Å². The number of fused-ring (bicyclic) bond motifs is 1. The zero-order valence-corrected chi connectivity index (χ0v) is 12.2. The fourth-order valence-corrected chi connectivity index (χ4v) is 3.17. The highest BCUT2D eigenvalue weighted by Gasteiger charge is 2.07. The van der Waals surface area contributed by atoms with E-state index >= 15 is 0 Å². The molecular weight excluding hydrogens is 388 g/mol. The number of hydrogen-bond donors (Lipinski definition) is 0. The first kappa shape index (κ1) is 11.3. The monoisotopic (exact) mass is 390 g/mol. The van der Waals surface area contributed by atoms with Crippen LogP contribution in [0.15, 0.2) is 37.7 Å². The van der Waals surface area contributed by atoms with Gasteiger partial charge in [0.1, 0.15) is 6.29 Å². The van der Waals surface area contributed by atoms with Gasteiger partial charge in [0.2, 0.25) is 0 Å². The Morgan fingerprint density at radius 2 is 1.67 bits per heavy atom. The van der Waals surface area contributed by atoms with E-state index in [9.17, 15) is 4.79 Å². The van der Waals surface area contributed by atoms with E-state index in [1.165, 1.54) is 0 Å². The molecule has 0 bridgehead atoms. The van der Waals surface area contributed by atoms with Crippen molar-refractivity contribution < 1.29 is 4.79 Å². The molecule has 0 fully saturated rings. The number of carbonyl (C=O) groups is 1. The molecule has 0 amide bonds.